The van der Waals surface area contributed by atoms with E-state index in [2.05, 4.69) is 0 Å². The van der Waals surface area contributed by atoms with Crippen LogP contribution in [0.3, 0.4) is 0 Å². The van der Waals surface area contributed by atoms with Crippen LogP contribution in [-0.4, -0.2) is 12.5 Å². The van der Waals surface area contributed by atoms with E-state index in [-0.39, 0.29) is 24.8 Å². The number of benzene rings is 1. The van der Waals surface area contributed by atoms with E-state index >= 15 is 0 Å². The zero-order valence-electron chi connectivity index (χ0n) is 8.42. The van der Waals surface area contributed by atoms with Gasteiger partial charge >= 0.3 is 0 Å². The van der Waals surface area contributed by atoms with Crippen LogP contribution in [0.15, 0.2) is 18.2 Å². The minimum atomic E-state index is -0.306. The largest absolute Gasteiger partial charge is 0.493 e. The fourth-order valence-electron chi connectivity index (χ4n) is 1.10. The van der Waals surface area contributed by atoms with Crippen LogP contribution in [0.25, 0.3) is 0 Å². The number of carbonyl (C=O) groups is 1. The third kappa shape index (κ3) is 3.55. The number of nitrogens with one attached hydrogen (secondary N) is 1. The topological polar surface area (TPSA) is 64.3 Å². The number of hydrazine groups is 1. The van der Waals surface area contributed by atoms with Gasteiger partial charge in [-0.05, 0) is 30.7 Å². The number of ether oxygens (including phenoxy) is 1. The lowest BCUT2D eigenvalue weighted by Crippen LogP contribution is -2.31. The number of nitrogens with two attached hydrogens (primary N) is 1. The van der Waals surface area contributed by atoms with E-state index in [0.29, 0.717) is 11.3 Å². The van der Waals surface area contributed by atoms with Gasteiger partial charge in [0.1, 0.15) is 11.6 Å². The van der Waals surface area contributed by atoms with Crippen molar-refractivity contribution in [2.45, 2.75) is 13.3 Å². The van der Waals surface area contributed by atoms with Crippen LogP contribution in [0.5, 0.6) is 5.75 Å². The molecule has 1 aromatic rings. The Labute approximate surface area is 87.2 Å². The average Bonchev–Trinajstić information content (AvgIpc) is 2.21. The van der Waals surface area contributed by atoms with E-state index in [0.717, 1.165) is 0 Å². The maximum atomic E-state index is 12.7. The highest BCUT2D eigenvalue weighted by Gasteiger charge is 2.02. The van der Waals surface area contributed by atoms with Crippen molar-refractivity contribution in [3.05, 3.63) is 29.6 Å². The zero-order chi connectivity index (χ0) is 11.3. The summed E-state index contributed by atoms with van der Waals surface area (Å²) in [6.07, 6.45) is 0.174. The maximum absolute atomic E-state index is 12.7. The Kier molecular flexibility index (Phi) is 4.05. The Bertz CT molecular complexity index is 355. The summed E-state index contributed by atoms with van der Waals surface area (Å²) in [6, 6.07) is 4.22. The number of carbonyl (C=O) groups excluding carboxylic acids is 1. The van der Waals surface area contributed by atoms with Gasteiger partial charge in [0.05, 0.1) is 13.0 Å². The summed E-state index contributed by atoms with van der Waals surface area (Å²) < 4.78 is 18.0. The summed E-state index contributed by atoms with van der Waals surface area (Å²) in [6.45, 7) is 1.96. The van der Waals surface area contributed by atoms with Crippen LogP contribution in [0.2, 0.25) is 0 Å². The molecule has 0 unspecified atom stereocenters. The second-order valence-corrected chi connectivity index (χ2v) is 3.08. The van der Waals surface area contributed by atoms with Gasteiger partial charge in [0, 0.05) is 0 Å². The van der Waals surface area contributed by atoms with Crippen LogP contribution in [0.1, 0.15) is 12.0 Å². The highest BCUT2D eigenvalue weighted by molar-refractivity contribution is 5.75. The van der Waals surface area contributed by atoms with Crippen molar-refractivity contribution >= 4 is 5.91 Å². The first-order valence-electron chi connectivity index (χ1n) is 4.52. The number of hydrogen-bond acceptors (Lipinski definition) is 3. The SMILES string of the molecule is Cc1cc(F)ccc1OCCC(=O)NN. The molecule has 0 aliphatic heterocycles. The number of halogens is 1. The van der Waals surface area contributed by atoms with Gasteiger partial charge in [-0.3, -0.25) is 10.2 Å². The van der Waals surface area contributed by atoms with E-state index < -0.39 is 0 Å². The zero-order valence-corrected chi connectivity index (χ0v) is 8.42. The minimum Gasteiger partial charge on any atom is -0.493 e. The van der Waals surface area contributed by atoms with E-state index in [1.165, 1.54) is 18.2 Å². The molecule has 0 spiro atoms. The first kappa shape index (κ1) is 11.5. The second kappa shape index (κ2) is 5.31. The number of amides is 1. The molecular formula is C10H13FN2O2. The van der Waals surface area contributed by atoms with Crippen molar-refractivity contribution < 1.29 is 13.9 Å². The summed E-state index contributed by atoms with van der Waals surface area (Å²) in [5.74, 6) is 4.86. The molecule has 5 heteroatoms. The predicted octanol–water partition coefficient (Wildman–Crippen LogP) is 0.893. The highest BCUT2D eigenvalue weighted by Crippen LogP contribution is 2.18. The molecule has 1 aromatic carbocycles. The van der Waals surface area contributed by atoms with Crippen LogP contribution >= 0.6 is 0 Å². The quantitative estimate of drug-likeness (QED) is 0.442. The molecule has 1 amide bonds. The Morgan fingerprint density at radius 3 is 2.93 bits per heavy atom. The Morgan fingerprint density at radius 2 is 2.33 bits per heavy atom. The van der Waals surface area contributed by atoms with Gasteiger partial charge in [-0.2, -0.15) is 0 Å². The summed E-state index contributed by atoms with van der Waals surface area (Å²) in [5.41, 5.74) is 2.69. The lowest BCUT2D eigenvalue weighted by molar-refractivity contribution is -0.121. The lowest BCUT2D eigenvalue weighted by atomic mass is 10.2. The first-order chi connectivity index (χ1) is 7.13. The Morgan fingerprint density at radius 1 is 1.60 bits per heavy atom. The van der Waals surface area contributed by atoms with E-state index in [1.54, 1.807) is 6.92 Å². The van der Waals surface area contributed by atoms with E-state index in [4.69, 9.17) is 10.6 Å². The normalized spacial score (nSPS) is 9.80. The fraction of sp³-hybridized carbons (Fsp3) is 0.300. The van der Waals surface area contributed by atoms with Crippen LogP contribution < -0.4 is 16.0 Å². The molecule has 0 aliphatic carbocycles. The molecule has 0 saturated carbocycles. The van der Waals surface area contributed by atoms with Crippen molar-refractivity contribution in [3.63, 3.8) is 0 Å². The number of rotatable bonds is 4. The fourth-order valence-corrected chi connectivity index (χ4v) is 1.10. The third-order valence-corrected chi connectivity index (χ3v) is 1.88. The van der Waals surface area contributed by atoms with Crippen LogP contribution in [0, 0.1) is 12.7 Å². The average molecular weight is 212 g/mol. The molecule has 3 N–H and O–H groups in total. The molecule has 0 atom stereocenters. The van der Waals surface area contributed by atoms with Gasteiger partial charge in [-0.1, -0.05) is 0 Å². The van der Waals surface area contributed by atoms with Crippen molar-refractivity contribution in [1.82, 2.24) is 5.43 Å². The van der Waals surface area contributed by atoms with Gasteiger partial charge < -0.3 is 4.74 Å². The molecule has 0 aromatic heterocycles. The minimum absolute atomic E-state index is 0.174. The summed E-state index contributed by atoms with van der Waals surface area (Å²) in [7, 11) is 0. The molecular weight excluding hydrogens is 199 g/mol. The monoisotopic (exact) mass is 212 g/mol. The Balaban J connectivity index is 2.47. The lowest BCUT2D eigenvalue weighted by Gasteiger charge is -2.08. The van der Waals surface area contributed by atoms with Gasteiger partial charge in [-0.25, -0.2) is 10.2 Å². The highest BCUT2D eigenvalue weighted by atomic mass is 19.1. The summed E-state index contributed by atoms with van der Waals surface area (Å²) in [5, 5.41) is 0. The molecule has 1 rings (SSSR count). The van der Waals surface area contributed by atoms with Crippen molar-refractivity contribution in [1.29, 1.82) is 0 Å². The van der Waals surface area contributed by atoms with E-state index in [9.17, 15) is 9.18 Å². The number of aryl methyl sites for hydroxylation is 1. The molecule has 0 saturated heterocycles. The molecule has 82 valence electrons. The second-order valence-electron chi connectivity index (χ2n) is 3.08. The molecule has 0 fully saturated rings. The van der Waals surface area contributed by atoms with Gasteiger partial charge in [-0.15, -0.1) is 0 Å². The molecule has 0 heterocycles. The maximum Gasteiger partial charge on any atom is 0.237 e. The molecule has 0 bridgehead atoms. The summed E-state index contributed by atoms with van der Waals surface area (Å²) in [4.78, 5) is 10.8. The van der Waals surface area contributed by atoms with Gasteiger partial charge in [0.15, 0.2) is 0 Å². The number of hydrogen-bond donors (Lipinski definition) is 2. The van der Waals surface area contributed by atoms with Crippen LogP contribution in [0.4, 0.5) is 4.39 Å². The molecule has 15 heavy (non-hydrogen) atoms. The van der Waals surface area contributed by atoms with Gasteiger partial charge in [0.2, 0.25) is 5.91 Å². The van der Waals surface area contributed by atoms with Crippen molar-refractivity contribution in [2.75, 3.05) is 6.61 Å². The van der Waals surface area contributed by atoms with Gasteiger partial charge in [0.25, 0.3) is 0 Å². The van der Waals surface area contributed by atoms with E-state index in [1.807, 2.05) is 5.43 Å². The standard InChI is InChI=1S/C10H13FN2O2/c1-7-6-8(11)2-3-9(7)15-5-4-10(14)13-12/h2-3,6H,4-5,12H2,1H3,(H,13,14). The Hall–Kier alpha value is -1.62. The smallest absolute Gasteiger partial charge is 0.237 e. The summed E-state index contributed by atoms with van der Waals surface area (Å²) >= 11 is 0. The molecule has 0 aliphatic rings. The van der Waals surface area contributed by atoms with Crippen LogP contribution in [-0.2, 0) is 4.79 Å². The molecule has 4 nitrogen and oxygen atoms in total. The van der Waals surface area contributed by atoms with Crippen molar-refractivity contribution in [3.8, 4) is 5.75 Å². The third-order valence-electron chi connectivity index (χ3n) is 1.88. The molecule has 0 radical (unpaired) electrons. The predicted molar refractivity (Wildman–Crippen MR) is 53.6 cm³/mol. The first-order valence-corrected chi connectivity index (χ1v) is 4.52. The van der Waals surface area contributed by atoms with Crippen molar-refractivity contribution in [2.24, 2.45) is 5.84 Å².